The largest absolute Gasteiger partial charge is 0.493 e. The van der Waals surface area contributed by atoms with E-state index in [0.717, 1.165) is 27.8 Å². The normalized spacial score (nSPS) is 14.7. The molecule has 0 spiro atoms. The molecule has 0 radical (unpaired) electrons. The van der Waals surface area contributed by atoms with Crippen LogP contribution in [0.15, 0.2) is 70.5 Å². The number of rotatable bonds is 9. The molecule has 1 heterocycles. The van der Waals surface area contributed by atoms with Gasteiger partial charge in [-0.2, -0.15) is 8.42 Å². The summed E-state index contributed by atoms with van der Waals surface area (Å²) in [6, 6.07) is 16.5. The van der Waals surface area contributed by atoms with Crippen molar-refractivity contribution in [3.8, 4) is 17.2 Å². The molecule has 1 fully saturated rings. The predicted octanol–water partition coefficient (Wildman–Crippen LogP) is 5.85. The molecule has 3 aromatic carbocycles. The molecule has 1 aliphatic heterocycles. The Morgan fingerprint density at radius 1 is 1.00 bits per heavy atom. The van der Waals surface area contributed by atoms with Crippen LogP contribution < -0.4 is 13.7 Å². The van der Waals surface area contributed by atoms with Crippen molar-refractivity contribution in [2.24, 2.45) is 0 Å². The maximum Gasteiger partial charge on any atom is 0.339 e. The molecule has 38 heavy (non-hydrogen) atoms. The molecule has 4 rings (SSSR count). The van der Waals surface area contributed by atoms with Crippen LogP contribution in [-0.4, -0.2) is 44.7 Å². The molecular weight excluding hydrogens is 550 g/mol. The van der Waals surface area contributed by atoms with Gasteiger partial charge in [-0.15, -0.1) is 0 Å². The lowest BCUT2D eigenvalue weighted by Crippen LogP contribution is -2.32. The fraction of sp³-hybridized carbons (Fsp3) is 0.185. The smallest absolute Gasteiger partial charge is 0.339 e. The van der Waals surface area contributed by atoms with Crippen LogP contribution in [0.3, 0.4) is 0 Å². The first kappa shape index (κ1) is 27.6. The van der Waals surface area contributed by atoms with Crippen LogP contribution in [0.25, 0.3) is 6.08 Å². The monoisotopic (exact) mass is 573 g/mol. The highest BCUT2D eigenvalue weighted by Crippen LogP contribution is 2.40. The number of aryl methyl sites for hydroxylation is 2. The Hall–Kier alpha value is -3.47. The van der Waals surface area contributed by atoms with Crippen molar-refractivity contribution in [3.05, 3.63) is 87.3 Å². The van der Waals surface area contributed by atoms with Gasteiger partial charge in [0.25, 0.3) is 11.1 Å². The SMILES string of the molecule is COc1cc(/C=C2\SC(=O)N(CCOc3cccc(C)c3)C2=O)cc(Cl)c1OS(=O)(=O)c1ccc(C)cc1. The molecule has 2 amide bonds. The van der Waals surface area contributed by atoms with E-state index < -0.39 is 21.3 Å². The summed E-state index contributed by atoms with van der Waals surface area (Å²) >= 11 is 7.15. The van der Waals surface area contributed by atoms with E-state index in [2.05, 4.69) is 0 Å². The quantitative estimate of drug-likeness (QED) is 0.232. The van der Waals surface area contributed by atoms with Crippen LogP contribution >= 0.6 is 23.4 Å². The Balaban J connectivity index is 1.50. The first-order valence-corrected chi connectivity index (χ1v) is 14.0. The Kier molecular flexibility index (Phi) is 8.35. The van der Waals surface area contributed by atoms with E-state index in [1.54, 1.807) is 18.2 Å². The summed E-state index contributed by atoms with van der Waals surface area (Å²) in [7, 11) is -2.84. The van der Waals surface area contributed by atoms with E-state index in [-0.39, 0.29) is 39.5 Å². The number of carbonyl (C=O) groups excluding carboxylic acids is 2. The Bertz CT molecular complexity index is 1520. The number of benzene rings is 3. The van der Waals surface area contributed by atoms with Crippen LogP contribution in [0.1, 0.15) is 16.7 Å². The van der Waals surface area contributed by atoms with Gasteiger partial charge in [0, 0.05) is 0 Å². The first-order valence-electron chi connectivity index (χ1n) is 11.4. The number of hydrogen-bond acceptors (Lipinski definition) is 8. The Labute approximate surface area is 230 Å². The molecule has 0 N–H and O–H groups in total. The molecule has 0 unspecified atom stereocenters. The second-order valence-electron chi connectivity index (χ2n) is 8.38. The van der Waals surface area contributed by atoms with Crippen molar-refractivity contribution in [1.29, 1.82) is 0 Å². The van der Waals surface area contributed by atoms with Crippen LogP contribution in [0.5, 0.6) is 17.2 Å². The average molecular weight is 574 g/mol. The molecule has 0 bridgehead atoms. The van der Waals surface area contributed by atoms with Gasteiger partial charge in [-0.3, -0.25) is 14.5 Å². The number of hydrogen-bond donors (Lipinski definition) is 0. The van der Waals surface area contributed by atoms with E-state index in [0.29, 0.717) is 11.3 Å². The van der Waals surface area contributed by atoms with Gasteiger partial charge in [0.05, 0.1) is 23.6 Å². The highest BCUT2D eigenvalue weighted by atomic mass is 35.5. The molecule has 1 saturated heterocycles. The van der Waals surface area contributed by atoms with E-state index in [1.807, 2.05) is 32.0 Å². The number of thioether (sulfide) groups is 1. The Morgan fingerprint density at radius 2 is 1.74 bits per heavy atom. The first-order chi connectivity index (χ1) is 18.1. The summed E-state index contributed by atoms with van der Waals surface area (Å²) in [5, 5.41) is -0.464. The number of methoxy groups -OCH3 is 1. The molecule has 1 aliphatic rings. The zero-order chi connectivity index (χ0) is 27.4. The lowest BCUT2D eigenvalue weighted by Gasteiger charge is -2.14. The van der Waals surface area contributed by atoms with Crippen molar-refractivity contribution in [1.82, 2.24) is 4.90 Å². The minimum absolute atomic E-state index is 0.0367. The van der Waals surface area contributed by atoms with E-state index >= 15 is 0 Å². The lowest BCUT2D eigenvalue weighted by atomic mass is 10.2. The van der Waals surface area contributed by atoms with Crippen LogP contribution in [-0.2, 0) is 14.9 Å². The zero-order valence-corrected chi connectivity index (χ0v) is 23.2. The molecule has 8 nitrogen and oxygen atoms in total. The van der Waals surface area contributed by atoms with Crippen molar-refractivity contribution in [3.63, 3.8) is 0 Å². The summed E-state index contributed by atoms with van der Waals surface area (Å²) in [6.07, 6.45) is 1.49. The van der Waals surface area contributed by atoms with Gasteiger partial charge in [-0.05, 0) is 79.2 Å². The highest BCUT2D eigenvalue weighted by Gasteiger charge is 2.35. The summed E-state index contributed by atoms with van der Waals surface area (Å²) in [6.45, 7) is 4.01. The van der Waals surface area contributed by atoms with E-state index in [4.69, 9.17) is 25.3 Å². The summed E-state index contributed by atoms with van der Waals surface area (Å²) in [5.74, 6) is 0.0460. The third-order valence-corrected chi connectivity index (χ3v) is 7.92. The maximum absolute atomic E-state index is 12.9. The molecule has 3 aromatic rings. The molecule has 0 saturated carbocycles. The number of halogens is 1. The average Bonchev–Trinajstić information content (AvgIpc) is 3.13. The van der Waals surface area contributed by atoms with Crippen molar-refractivity contribution in [2.75, 3.05) is 20.3 Å². The fourth-order valence-electron chi connectivity index (χ4n) is 3.57. The van der Waals surface area contributed by atoms with Gasteiger partial charge in [0.15, 0.2) is 5.75 Å². The van der Waals surface area contributed by atoms with Crippen LogP contribution in [0.4, 0.5) is 4.79 Å². The van der Waals surface area contributed by atoms with Gasteiger partial charge in [0.1, 0.15) is 17.3 Å². The number of imide groups is 1. The number of nitrogens with zero attached hydrogens (tertiary/aromatic N) is 1. The fourth-order valence-corrected chi connectivity index (χ4v) is 5.70. The van der Waals surface area contributed by atoms with Crippen LogP contribution in [0, 0.1) is 13.8 Å². The third kappa shape index (κ3) is 6.32. The minimum atomic E-state index is -4.18. The number of ether oxygens (including phenoxy) is 2. The van der Waals surface area contributed by atoms with E-state index in [9.17, 15) is 18.0 Å². The predicted molar refractivity (Wildman–Crippen MR) is 146 cm³/mol. The van der Waals surface area contributed by atoms with Gasteiger partial charge in [0.2, 0.25) is 5.75 Å². The molecular formula is C27H24ClNO7S2. The van der Waals surface area contributed by atoms with Crippen molar-refractivity contribution in [2.45, 2.75) is 18.7 Å². The molecule has 0 atom stereocenters. The van der Waals surface area contributed by atoms with Gasteiger partial charge < -0.3 is 13.7 Å². The van der Waals surface area contributed by atoms with Gasteiger partial charge in [-0.1, -0.05) is 41.4 Å². The van der Waals surface area contributed by atoms with E-state index in [1.165, 1.54) is 37.5 Å². The zero-order valence-electron chi connectivity index (χ0n) is 20.8. The summed E-state index contributed by atoms with van der Waals surface area (Å²) in [4.78, 5) is 26.6. The Morgan fingerprint density at radius 3 is 2.42 bits per heavy atom. The molecule has 198 valence electrons. The highest BCUT2D eigenvalue weighted by molar-refractivity contribution is 8.18. The minimum Gasteiger partial charge on any atom is -0.493 e. The summed E-state index contributed by atoms with van der Waals surface area (Å²) in [5.41, 5.74) is 2.36. The summed E-state index contributed by atoms with van der Waals surface area (Å²) < 4.78 is 41.8. The molecule has 0 aromatic heterocycles. The maximum atomic E-state index is 12.9. The molecule has 0 aliphatic carbocycles. The number of carbonyl (C=O) groups is 2. The van der Waals surface area contributed by atoms with Crippen LogP contribution in [0.2, 0.25) is 5.02 Å². The van der Waals surface area contributed by atoms with Crippen molar-refractivity contribution >= 4 is 50.7 Å². The second kappa shape index (κ2) is 11.5. The topological polar surface area (TPSA) is 99.2 Å². The van der Waals surface area contributed by atoms with Gasteiger partial charge >= 0.3 is 10.1 Å². The standard InChI is InChI=1S/C27H24ClNO7S2/c1-17-7-9-21(10-8-17)38(32,33)36-25-22(28)14-19(15-23(25)34-3)16-24-26(30)29(27(31)37-24)11-12-35-20-6-4-5-18(2)13-20/h4-10,13-16H,11-12H2,1-3H3/b24-16-. The molecule has 11 heteroatoms. The lowest BCUT2D eigenvalue weighted by molar-refractivity contribution is -0.123. The van der Waals surface area contributed by atoms with Crippen molar-refractivity contribution < 1.29 is 31.7 Å². The third-order valence-electron chi connectivity index (χ3n) is 5.50. The number of amides is 2. The second-order valence-corrected chi connectivity index (χ2v) is 11.3. The van der Waals surface area contributed by atoms with Gasteiger partial charge in [-0.25, -0.2) is 0 Å².